The zero-order chi connectivity index (χ0) is 19.0. The van der Waals surface area contributed by atoms with Crippen molar-refractivity contribution in [2.75, 3.05) is 19.8 Å². The summed E-state index contributed by atoms with van der Waals surface area (Å²) in [4.78, 5) is 25.4. The van der Waals surface area contributed by atoms with E-state index in [4.69, 9.17) is 9.47 Å². The fourth-order valence-corrected chi connectivity index (χ4v) is 4.04. The Hall–Kier alpha value is -2.86. The predicted octanol–water partition coefficient (Wildman–Crippen LogP) is 3.11. The number of benzene rings is 2. The van der Waals surface area contributed by atoms with E-state index in [9.17, 15) is 14.7 Å². The lowest BCUT2D eigenvalue weighted by Gasteiger charge is -2.36. The number of amides is 1. The molecule has 1 aliphatic heterocycles. The molecule has 1 heterocycles. The zero-order valence-corrected chi connectivity index (χ0v) is 15.0. The van der Waals surface area contributed by atoms with Crippen LogP contribution in [0.4, 0.5) is 4.79 Å². The second-order valence-corrected chi connectivity index (χ2v) is 6.86. The van der Waals surface area contributed by atoms with Crippen LogP contribution in [0.2, 0.25) is 0 Å². The molecule has 27 heavy (non-hydrogen) atoms. The summed E-state index contributed by atoms with van der Waals surface area (Å²) in [6, 6.07) is 15.1. The molecule has 1 N–H and O–H groups in total. The van der Waals surface area contributed by atoms with Gasteiger partial charge in [0.05, 0.1) is 12.7 Å². The van der Waals surface area contributed by atoms with Crippen molar-refractivity contribution in [3.05, 3.63) is 59.7 Å². The molecule has 140 valence electrons. The van der Waals surface area contributed by atoms with Crippen LogP contribution in [0.3, 0.4) is 0 Å². The van der Waals surface area contributed by atoms with Gasteiger partial charge in [-0.25, -0.2) is 9.59 Å². The van der Waals surface area contributed by atoms with E-state index in [1.54, 1.807) is 6.92 Å². The molecule has 1 saturated heterocycles. The van der Waals surface area contributed by atoms with Gasteiger partial charge in [-0.1, -0.05) is 48.5 Å². The SMILES string of the molecule is C[C@H]1OCCN(C(=O)OCC2c3ccccc3-c3ccccc32)[C@@H]1C(=O)O. The summed E-state index contributed by atoms with van der Waals surface area (Å²) in [5, 5.41) is 9.44. The Balaban J connectivity index is 1.53. The fourth-order valence-electron chi connectivity index (χ4n) is 4.04. The second-order valence-electron chi connectivity index (χ2n) is 6.86. The van der Waals surface area contributed by atoms with Crippen LogP contribution in [0.25, 0.3) is 11.1 Å². The maximum atomic E-state index is 12.6. The van der Waals surface area contributed by atoms with Crippen molar-refractivity contribution >= 4 is 12.1 Å². The monoisotopic (exact) mass is 367 g/mol. The van der Waals surface area contributed by atoms with E-state index >= 15 is 0 Å². The maximum absolute atomic E-state index is 12.6. The molecule has 2 aromatic rings. The van der Waals surface area contributed by atoms with E-state index in [0.29, 0.717) is 6.61 Å². The number of nitrogens with zero attached hydrogens (tertiary/aromatic N) is 1. The van der Waals surface area contributed by atoms with E-state index in [-0.39, 0.29) is 19.1 Å². The molecule has 1 fully saturated rings. The summed E-state index contributed by atoms with van der Waals surface area (Å²) in [5.74, 6) is -1.14. The summed E-state index contributed by atoms with van der Waals surface area (Å²) in [6.45, 7) is 2.33. The maximum Gasteiger partial charge on any atom is 0.410 e. The van der Waals surface area contributed by atoms with Gasteiger partial charge in [0.2, 0.25) is 0 Å². The third-order valence-electron chi connectivity index (χ3n) is 5.32. The first-order valence-electron chi connectivity index (χ1n) is 9.04. The largest absolute Gasteiger partial charge is 0.480 e. The van der Waals surface area contributed by atoms with E-state index in [1.807, 2.05) is 36.4 Å². The van der Waals surface area contributed by atoms with Gasteiger partial charge in [0.25, 0.3) is 0 Å². The van der Waals surface area contributed by atoms with Crippen molar-refractivity contribution in [3.63, 3.8) is 0 Å². The van der Waals surface area contributed by atoms with Gasteiger partial charge in [-0.15, -0.1) is 0 Å². The summed E-state index contributed by atoms with van der Waals surface area (Å²) in [5.41, 5.74) is 4.54. The Morgan fingerprint density at radius 1 is 1.11 bits per heavy atom. The zero-order valence-electron chi connectivity index (χ0n) is 15.0. The Kier molecular flexibility index (Phi) is 4.58. The molecule has 1 amide bonds. The molecule has 0 saturated carbocycles. The average Bonchev–Trinajstić information content (AvgIpc) is 2.99. The van der Waals surface area contributed by atoms with Crippen LogP contribution in [0.1, 0.15) is 24.0 Å². The van der Waals surface area contributed by atoms with Gasteiger partial charge in [-0.05, 0) is 29.2 Å². The lowest BCUT2D eigenvalue weighted by Crippen LogP contribution is -2.56. The molecular formula is C21H21NO5. The minimum atomic E-state index is -1.09. The van der Waals surface area contributed by atoms with Gasteiger partial charge in [0.15, 0.2) is 6.04 Å². The molecule has 0 bridgehead atoms. The minimum Gasteiger partial charge on any atom is -0.480 e. The third-order valence-corrected chi connectivity index (χ3v) is 5.32. The van der Waals surface area contributed by atoms with Crippen molar-refractivity contribution in [3.8, 4) is 11.1 Å². The first kappa shape index (κ1) is 17.5. The Morgan fingerprint density at radius 3 is 2.30 bits per heavy atom. The number of morpholine rings is 1. The number of carbonyl (C=O) groups is 2. The molecular weight excluding hydrogens is 346 g/mol. The van der Waals surface area contributed by atoms with Crippen LogP contribution >= 0.6 is 0 Å². The molecule has 0 spiro atoms. The average molecular weight is 367 g/mol. The van der Waals surface area contributed by atoms with E-state index < -0.39 is 24.2 Å². The normalized spacial score (nSPS) is 21.4. The Bertz CT molecular complexity index is 835. The highest BCUT2D eigenvalue weighted by Crippen LogP contribution is 2.44. The van der Waals surface area contributed by atoms with Crippen LogP contribution < -0.4 is 0 Å². The lowest BCUT2D eigenvalue weighted by molar-refractivity contribution is -0.153. The topological polar surface area (TPSA) is 76.1 Å². The molecule has 0 unspecified atom stereocenters. The standard InChI is InChI=1S/C21H21NO5/c1-13-19(20(23)24)22(10-11-26-13)21(25)27-12-18-16-8-4-2-6-14(16)15-7-3-5-9-17(15)18/h2-9,13,18-19H,10-12H2,1H3,(H,23,24)/t13-,19+/m1/s1. The molecule has 1 aliphatic carbocycles. The summed E-state index contributed by atoms with van der Waals surface area (Å²) < 4.78 is 10.9. The van der Waals surface area contributed by atoms with E-state index in [1.165, 1.54) is 4.90 Å². The van der Waals surface area contributed by atoms with Gasteiger partial charge >= 0.3 is 12.1 Å². The molecule has 4 rings (SSSR count). The highest BCUT2D eigenvalue weighted by molar-refractivity contribution is 5.81. The number of aliphatic carboxylic acids is 1. The smallest absolute Gasteiger partial charge is 0.410 e. The molecule has 0 aromatic heterocycles. The van der Waals surface area contributed by atoms with Crippen LogP contribution in [0.5, 0.6) is 0 Å². The van der Waals surface area contributed by atoms with Crippen molar-refractivity contribution in [1.29, 1.82) is 0 Å². The van der Waals surface area contributed by atoms with Crippen LogP contribution in [-0.2, 0) is 14.3 Å². The number of fused-ring (bicyclic) bond motifs is 3. The Morgan fingerprint density at radius 2 is 1.70 bits per heavy atom. The molecule has 6 nitrogen and oxygen atoms in total. The summed E-state index contributed by atoms with van der Waals surface area (Å²) in [6.07, 6.45) is -1.18. The number of carbonyl (C=O) groups excluding carboxylic acids is 1. The first-order chi connectivity index (χ1) is 13.1. The van der Waals surface area contributed by atoms with Gasteiger partial charge in [0, 0.05) is 12.5 Å². The lowest BCUT2D eigenvalue weighted by atomic mass is 9.98. The molecule has 2 aliphatic rings. The number of rotatable bonds is 3. The fraction of sp³-hybridized carbons (Fsp3) is 0.333. The second kappa shape index (κ2) is 7.04. The molecule has 2 aromatic carbocycles. The van der Waals surface area contributed by atoms with Gasteiger partial charge < -0.3 is 14.6 Å². The third kappa shape index (κ3) is 3.06. The number of ether oxygens (including phenoxy) is 2. The predicted molar refractivity (Wildman–Crippen MR) is 98.6 cm³/mol. The quantitative estimate of drug-likeness (QED) is 0.902. The van der Waals surface area contributed by atoms with Crippen molar-refractivity contribution in [1.82, 2.24) is 4.90 Å². The summed E-state index contributed by atoms with van der Waals surface area (Å²) >= 11 is 0. The number of hydrogen-bond acceptors (Lipinski definition) is 4. The molecule has 6 heteroatoms. The van der Waals surface area contributed by atoms with Crippen molar-refractivity contribution in [2.24, 2.45) is 0 Å². The van der Waals surface area contributed by atoms with E-state index in [2.05, 4.69) is 12.1 Å². The van der Waals surface area contributed by atoms with Crippen molar-refractivity contribution < 1.29 is 24.2 Å². The number of carboxylic acids is 1. The van der Waals surface area contributed by atoms with Crippen LogP contribution in [0, 0.1) is 0 Å². The van der Waals surface area contributed by atoms with Crippen molar-refractivity contribution in [2.45, 2.75) is 25.0 Å². The van der Waals surface area contributed by atoms with E-state index in [0.717, 1.165) is 22.3 Å². The van der Waals surface area contributed by atoms with Gasteiger partial charge in [-0.2, -0.15) is 0 Å². The summed E-state index contributed by atoms with van der Waals surface area (Å²) in [7, 11) is 0. The minimum absolute atomic E-state index is 0.0527. The number of carboxylic acid groups (broad SMARTS) is 1. The van der Waals surface area contributed by atoms with Gasteiger partial charge in [0.1, 0.15) is 6.61 Å². The first-order valence-corrected chi connectivity index (χ1v) is 9.04. The Labute approximate surface area is 157 Å². The van der Waals surface area contributed by atoms with Crippen LogP contribution in [0.15, 0.2) is 48.5 Å². The number of hydrogen-bond donors (Lipinski definition) is 1. The highest BCUT2D eigenvalue weighted by atomic mass is 16.6. The van der Waals surface area contributed by atoms with Gasteiger partial charge in [-0.3, -0.25) is 4.90 Å². The highest BCUT2D eigenvalue weighted by Gasteiger charge is 2.39. The van der Waals surface area contributed by atoms with Crippen LogP contribution in [-0.4, -0.2) is 54.0 Å². The molecule has 2 atom stereocenters. The molecule has 0 radical (unpaired) electrons.